The first-order valence-electron chi connectivity index (χ1n) is 9.31. The maximum atomic E-state index is 12.3. The lowest BCUT2D eigenvalue weighted by Gasteiger charge is -2.27. The summed E-state index contributed by atoms with van der Waals surface area (Å²) in [6.45, 7) is 0. The third-order valence-corrected chi connectivity index (χ3v) is 5.38. The molecule has 1 aliphatic rings. The topological polar surface area (TPSA) is 98.5 Å². The number of nitriles is 1. The van der Waals surface area contributed by atoms with Crippen molar-refractivity contribution in [1.82, 2.24) is 0 Å². The highest BCUT2D eigenvalue weighted by atomic mass is 16.5. The third-order valence-electron chi connectivity index (χ3n) is 5.38. The summed E-state index contributed by atoms with van der Waals surface area (Å²) in [6, 6.07) is 20.5. The number of fused-ring (bicyclic) bond motifs is 3. The van der Waals surface area contributed by atoms with Gasteiger partial charge in [-0.15, -0.1) is 0 Å². The van der Waals surface area contributed by atoms with Crippen molar-refractivity contribution in [2.24, 2.45) is 5.73 Å². The lowest BCUT2D eigenvalue weighted by molar-refractivity contribution is 0.394. The second-order valence-corrected chi connectivity index (χ2v) is 7.04. The van der Waals surface area contributed by atoms with E-state index in [4.69, 9.17) is 19.6 Å². The van der Waals surface area contributed by atoms with Gasteiger partial charge in [0.25, 0.3) is 0 Å². The van der Waals surface area contributed by atoms with Crippen LogP contribution in [0.2, 0.25) is 0 Å². The van der Waals surface area contributed by atoms with Gasteiger partial charge in [-0.1, -0.05) is 24.3 Å². The number of hydrogen-bond acceptors (Lipinski definition) is 6. The summed E-state index contributed by atoms with van der Waals surface area (Å²) < 4.78 is 16.5. The zero-order valence-electron chi connectivity index (χ0n) is 16.0. The zero-order chi connectivity index (χ0) is 20.8. The van der Waals surface area contributed by atoms with Crippen LogP contribution in [0.3, 0.4) is 0 Å². The average molecular weight is 396 g/mol. The Balaban J connectivity index is 1.87. The van der Waals surface area contributed by atoms with Crippen molar-refractivity contribution in [3.8, 4) is 17.6 Å². The molecule has 5 rings (SSSR count). The van der Waals surface area contributed by atoms with Gasteiger partial charge in [0.05, 0.1) is 13.0 Å². The molecular weight excluding hydrogens is 380 g/mol. The van der Waals surface area contributed by atoms with E-state index in [1.807, 2.05) is 36.4 Å². The summed E-state index contributed by atoms with van der Waals surface area (Å²) in [6.07, 6.45) is 0. The molecule has 146 valence electrons. The summed E-state index contributed by atoms with van der Waals surface area (Å²) in [4.78, 5) is 12.3. The van der Waals surface area contributed by atoms with E-state index < -0.39 is 11.5 Å². The van der Waals surface area contributed by atoms with Gasteiger partial charge in [0.2, 0.25) is 5.88 Å². The second kappa shape index (κ2) is 6.68. The molecule has 0 bridgehead atoms. The smallest absolute Gasteiger partial charge is 0.336 e. The summed E-state index contributed by atoms with van der Waals surface area (Å²) >= 11 is 0. The van der Waals surface area contributed by atoms with Crippen LogP contribution in [0.25, 0.3) is 21.7 Å². The van der Waals surface area contributed by atoms with E-state index in [9.17, 15) is 10.1 Å². The summed E-state index contributed by atoms with van der Waals surface area (Å²) in [5.41, 5.74) is 7.63. The van der Waals surface area contributed by atoms with Gasteiger partial charge in [-0.3, -0.25) is 0 Å². The highest BCUT2D eigenvalue weighted by Gasteiger charge is 2.32. The number of benzene rings is 3. The quantitative estimate of drug-likeness (QED) is 0.511. The minimum absolute atomic E-state index is 0.0227. The largest absolute Gasteiger partial charge is 0.497 e. The van der Waals surface area contributed by atoms with E-state index in [0.717, 1.165) is 16.3 Å². The van der Waals surface area contributed by atoms with Crippen LogP contribution in [0.1, 0.15) is 17.0 Å². The van der Waals surface area contributed by atoms with Gasteiger partial charge < -0.3 is 19.6 Å². The predicted molar refractivity (Wildman–Crippen MR) is 112 cm³/mol. The standard InChI is InChI=1S/C24H16N2O4/c1-28-15-6-7-20-16(10-15)17(11-22(27)29-20)23-18-8-13-4-2-3-5-14(13)9-21(18)30-24(26)19(23)12-25/h2-11,23H,26H2,1H3. The average Bonchev–Trinajstić information content (AvgIpc) is 2.76. The molecule has 0 saturated heterocycles. The van der Waals surface area contributed by atoms with Crippen molar-refractivity contribution in [1.29, 1.82) is 5.26 Å². The van der Waals surface area contributed by atoms with Crippen LogP contribution in [0.15, 0.2) is 81.3 Å². The molecule has 30 heavy (non-hydrogen) atoms. The number of ether oxygens (including phenoxy) is 2. The normalized spacial score (nSPS) is 15.5. The molecule has 0 spiro atoms. The number of hydrogen-bond donors (Lipinski definition) is 1. The van der Waals surface area contributed by atoms with Crippen molar-refractivity contribution >= 4 is 21.7 Å². The Labute approximate surface area is 171 Å². The molecule has 1 atom stereocenters. The number of rotatable bonds is 2. The first kappa shape index (κ1) is 17.8. The Kier molecular flexibility index (Phi) is 3.97. The molecule has 0 fully saturated rings. The van der Waals surface area contributed by atoms with Crippen molar-refractivity contribution in [3.63, 3.8) is 0 Å². The van der Waals surface area contributed by atoms with E-state index in [2.05, 4.69) is 6.07 Å². The van der Waals surface area contributed by atoms with E-state index in [0.29, 0.717) is 28.0 Å². The lowest BCUT2D eigenvalue weighted by atomic mass is 9.81. The molecule has 1 unspecified atom stereocenters. The summed E-state index contributed by atoms with van der Waals surface area (Å²) in [7, 11) is 1.56. The number of nitrogens with zero attached hydrogens (tertiary/aromatic N) is 1. The Morgan fingerprint density at radius 2 is 1.80 bits per heavy atom. The van der Waals surface area contributed by atoms with E-state index in [-0.39, 0.29) is 11.5 Å². The monoisotopic (exact) mass is 396 g/mol. The van der Waals surface area contributed by atoms with Crippen LogP contribution in [-0.2, 0) is 0 Å². The fraction of sp³-hybridized carbons (Fsp3) is 0.0833. The summed E-state index contributed by atoms with van der Waals surface area (Å²) in [5, 5.41) is 12.5. The molecule has 0 radical (unpaired) electrons. The van der Waals surface area contributed by atoms with Gasteiger partial charge in [-0.05, 0) is 46.7 Å². The van der Waals surface area contributed by atoms with Gasteiger partial charge >= 0.3 is 5.63 Å². The molecular formula is C24H16N2O4. The minimum Gasteiger partial charge on any atom is -0.497 e. The highest BCUT2D eigenvalue weighted by Crippen LogP contribution is 2.45. The Morgan fingerprint density at radius 1 is 1.03 bits per heavy atom. The number of nitrogens with two attached hydrogens (primary N) is 1. The van der Waals surface area contributed by atoms with Crippen molar-refractivity contribution in [2.45, 2.75) is 5.92 Å². The van der Waals surface area contributed by atoms with Gasteiger partial charge in [-0.2, -0.15) is 5.26 Å². The molecule has 3 aromatic carbocycles. The maximum Gasteiger partial charge on any atom is 0.336 e. The molecule has 2 heterocycles. The van der Waals surface area contributed by atoms with Crippen LogP contribution in [0.4, 0.5) is 0 Å². The molecule has 1 aliphatic heterocycles. The fourth-order valence-electron chi connectivity index (χ4n) is 4.00. The molecule has 6 nitrogen and oxygen atoms in total. The van der Waals surface area contributed by atoms with E-state index >= 15 is 0 Å². The molecule has 1 aromatic heterocycles. The first-order chi connectivity index (χ1) is 14.6. The van der Waals surface area contributed by atoms with Crippen LogP contribution in [0, 0.1) is 11.3 Å². The minimum atomic E-state index is -0.581. The Hall–Kier alpha value is -4.24. The van der Waals surface area contributed by atoms with Gasteiger partial charge in [-0.25, -0.2) is 4.79 Å². The molecule has 0 saturated carbocycles. The maximum absolute atomic E-state index is 12.3. The fourth-order valence-corrected chi connectivity index (χ4v) is 4.00. The van der Waals surface area contributed by atoms with Crippen molar-refractivity contribution in [3.05, 3.63) is 93.7 Å². The second-order valence-electron chi connectivity index (χ2n) is 7.04. The molecule has 6 heteroatoms. The molecule has 2 N–H and O–H groups in total. The van der Waals surface area contributed by atoms with Crippen molar-refractivity contribution < 1.29 is 13.9 Å². The van der Waals surface area contributed by atoms with Crippen LogP contribution >= 0.6 is 0 Å². The highest BCUT2D eigenvalue weighted by molar-refractivity contribution is 5.88. The number of allylic oxidation sites excluding steroid dienone is 1. The predicted octanol–water partition coefficient (Wildman–Crippen LogP) is 4.17. The SMILES string of the molecule is COc1ccc2oc(=O)cc(C3C(C#N)=C(N)Oc4cc5ccccc5cc43)c2c1. The zero-order valence-corrected chi connectivity index (χ0v) is 16.0. The van der Waals surface area contributed by atoms with Crippen LogP contribution < -0.4 is 20.8 Å². The Morgan fingerprint density at radius 3 is 2.53 bits per heavy atom. The molecule has 0 amide bonds. The van der Waals surface area contributed by atoms with Crippen LogP contribution in [-0.4, -0.2) is 7.11 Å². The Bertz CT molecular complexity index is 1460. The van der Waals surface area contributed by atoms with E-state index in [1.54, 1.807) is 25.3 Å². The van der Waals surface area contributed by atoms with Gasteiger partial charge in [0, 0.05) is 17.0 Å². The van der Waals surface area contributed by atoms with Crippen molar-refractivity contribution in [2.75, 3.05) is 7.11 Å². The van der Waals surface area contributed by atoms with Gasteiger partial charge in [0.15, 0.2) is 0 Å². The lowest BCUT2D eigenvalue weighted by Crippen LogP contribution is -2.22. The van der Waals surface area contributed by atoms with Crippen LogP contribution in [0.5, 0.6) is 11.5 Å². The number of methoxy groups -OCH3 is 1. The molecule has 4 aromatic rings. The molecule has 0 aliphatic carbocycles. The van der Waals surface area contributed by atoms with Gasteiger partial charge in [0.1, 0.15) is 28.7 Å². The third kappa shape index (κ3) is 2.68. The summed E-state index contributed by atoms with van der Waals surface area (Å²) in [5.74, 6) is 0.606. The van der Waals surface area contributed by atoms with E-state index in [1.165, 1.54) is 6.07 Å². The first-order valence-corrected chi connectivity index (χ1v) is 9.31.